The first-order valence-corrected chi connectivity index (χ1v) is 7.71. The van der Waals surface area contributed by atoms with E-state index in [1.807, 2.05) is 18.2 Å². The highest BCUT2D eigenvalue weighted by molar-refractivity contribution is 6.31. The van der Waals surface area contributed by atoms with Crippen molar-refractivity contribution in [3.63, 3.8) is 0 Å². The molecule has 3 rings (SSSR count). The van der Waals surface area contributed by atoms with Gasteiger partial charge in [0.1, 0.15) is 5.69 Å². The number of carboxylic acid groups (broad SMARTS) is 1. The Hall–Kier alpha value is -2.99. The molecule has 0 atom stereocenters. The fraction of sp³-hybridized carbons (Fsp3) is 0.111. The second-order valence-corrected chi connectivity index (χ2v) is 5.82. The number of methoxy groups -OCH3 is 1. The number of carbonyl (C=O) groups is 2. The lowest BCUT2D eigenvalue weighted by atomic mass is 10.0. The van der Waals surface area contributed by atoms with Crippen LogP contribution >= 0.6 is 11.6 Å². The van der Waals surface area contributed by atoms with Crippen molar-refractivity contribution in [3.8, 4) is 0 Å². The second kappa shape index (κ2) is 6.86. The fourth-order valence-corrected chi connectivity index (χ4v) is 2.65. The van der Waals surface area contributed by atoms with Crippen LogP contribution in [0.1, 0.15) is 32.1 Å². The fourth-order valence-electron chi connectivity index (χ4n) is 2.48. The molecule has 7 heteroatoms. The standard InChI is InChI=1S/C18H13ClN2O4/c1-25-18(24)16-8-12(17(22)23)7-14(21-16)5-10-2-3-15-11(4-10)6-13(19)9-20-15/h2-4,6-9H,5H2,1H3,(H,22,23). The van der Waals surface area contributed by atoms with Crippen LogP contribution in [-0.4, -0.2) is 34.1 Å². The minimum Gasteiger partial charge on any atom is -0.478 e. The van der Waals surface area contributed by atoms with Crippen LogP contribution < -0.4 is 0 Å². The van der Waals surface area contributed by atoms with E-state index in [2.05, 4.69) is 14.7 Å². The van der Waals surface area contributed by atoms with Gasteiger partial charge >= 0.3 is 11.9 Å². The van der Waals surface area contributed by atoms with Crippen molar-refractivity contribution in [1.82, 2.24) is 9.97 Å². The molecule has 0 spiro atoms. The molecule has 25 heavy (non-hydrogen) atoms. The summed E-state index contributed by atoms with van der Waals surface area (Å²) in [6, 6.07) is 10.1. The Labute approximate surface area is 148 Å². The molecule has 0 saturated carbocycles. The Morgan fingerprint density at radius 1 is 1.20 bits per heavy atom. The molecule has 0 aliphatic carbocycles. The summed E-state index contributed by atoms with van der Waals surface area (Å²) in [5, 5.41) is 10.6. The summed E-state index contributed by atoms with van der Waals surface area (Å²) in [4.78, 5) is 31.4. The van der Waals surface area contributed by atoms with Gasteiger partial charge in [0.05, 0.1) is 23.2 Å². The number of carbonyl (C=O) groups excluding carboxylic acids is 1. The number of halogens is 1. The zero-order valence-corrected chi connectivity index (χ0v) is 13.9. The first-order chi connectivity index (χ1) is 12.0. The van der Waals surface area contributed by atoms with Gasteiger partial charge in [0.2, 0.25) is 0 Å². The molecule has 6 nitrogen and oxygen atoms in total. The third kappa shape index (κ3) is 3.75. The zero-order valence-electron chi connectivity index (χ0n) is 13.2. The summed E-state index contributed by atoms with van der Waals surface area (Å²) in [7, 11) is 1.22. The number of hydrogen-bond acceptors (Lipinski definition) is 5. The van der Waals surface area contributed by atoms with Crippen LogP contribution in [0.2, 0.25) is 5.02 Å². The first-order valence-electron chi connectivity index (χ1n) is 7.33. The molecular weight excluding hydrogens is 344 g/mol. The number of aromatic nitrogens is 2. The van der Waals surface area contributed by atoms with E-state index in [-0.39, 0.29) is 11.3 Å². The molecule has 0 amide bonds. The normalized spacial score (nSPS) is 10.6. The summed E-state index contributed by atoms with van der Waals surface area (Å²) in [5.41, 5.74) is 2.09. The number of ether oxygens (including phenoxy) is 1. The van der Waals surface area contributed by atoms with Gasteiger partial charge in [-0.1, -0.05) is 17.7 Å². The summed E-state index contributed by atoms with van der Waals surface area (Å²) in [5.74, 6) is -1.82. The number of benzene rings is 1. The van der Waals surface area contributed by atoms with Gasteiger partial charge in [-0.05, 0) is 35.9 Å². The number of fused-ring (bicyclic) bond motifs is 1. The number of carboxylic acids is 1. The summed E-state index contributed by atoms with van der Waals surface area (Å²) in [6.45, 7) is 0. The van der Waals surface area contributed by atoms with E-state index >= 15 is 0 Å². The van der Waals surface area contributed by atoms with Crippen molar-refractivity contribution in [3.05, 3.63) is 70.1 Å². The third-order valence-electron chi connectivity index (χ3n) is 3.62. The number of esters is 1. The quantitative estimate of drug-likeness (QED) is 0.721. The number of aromatic carboxylic acids is 1. The van der Waals surface area contributed by atoms with Crippen LogP contribution in [0.3, 0.4) is 0 Å². The number of rotatable bonds is 4. The largest absolute Gasteiger partial charge is 0.478 e. The molecule has 0 saturated heterocycles. The maximum Gasteiger partial charge on any atom is 0.356 e. The van der Waals surface area contributed by atoms with Crippen LogP contribution in [0.4, 0.5) is 0 Å². The van der Waals surface area contributed by atoms with Crippen molar-refractivity contribution >= 4 is 34.4 Å². The molecule has 0 unspecified atom stereocenters. The molecule has 126 valence electrons. The first kappa shape index (κ1) is 16.9. The predicted molar refractivity (Wildman–Crippen MR) is 92.1 cm³/mol. The van der Waals surface area contributed by atoms with Gasteiger partial charge in [0.15, 0.2) is 0 Å². The van der Waals surface area contributed by atoms with Crippen LogP contribution in [0.15, 0.2) is 42.6 Å². The zero-order chi connectivity index (χ0) is 18.0. The van der Waals surface area contributed by atoms with E-state index < -0.39 is 11.9 Å². The van der Waals surface area contributed by atoms with Gasteiger partial charge in [-0.3, -0.25) is 4.98 Å². The van der Waals surface area contributed by atoms with Crippen LogP contribution in [0, 0.1) is 0 Å². The van der Waals surface area contributed by atoms with Crippen LogP contribution in [0.5, 0.6) is 0 Å². The van der Waals surface area contributed by atoms with Crippen molar-refractivity contribution in [2.45, 2.75) is 6.42 Å². The lowest BCUT2D eigenvalue weighted by molar-refractivity contribution is 0.0593. The third-order valence-corrected chi connectivity index (χ3v) is 3.82. The van der Waals surface area contributed by atoms with E-state index in [4.69, 9.17) is 11.6 Å². The van der Waals surface area contributed by atoms with Gasteiger partial charge in [0, 0.05) is 23.7 Å². The minimum atomic E-state index is -1.14. The van der Waals surface area contributed by atoms with E-state index in [0.717, 1.165) is 16.5 Å². The maximum atomic E-state index is 11.7. The minimum absolute atomic E-state index is 0.0177. The lowest BCUT2D eigenvalue weighted by Crippen LogP contribution is -2.10. The highest BCUT2D eigenvalue weighted by Gasteiger charge is 2.14. The van der Waals surface area contributed by atoms with Crippen LogP contribution in [-0.2, 0) is 11.2 Å². The van der Waals surface area contributed by atoms with Crippen LogP contribution in [0.25, 0.3) is 10.9 Å². The maximum absolute atomic E-state index is 11.7. The molecule has 0 aliphatic rings. The average molecular weight is 357 g/mol. The van der Waals surface area contributed by atoms with E-state index in [9.17, 15) is 14.7 Å². The molecule has 0 fully saturated rings. The van der Waals surface area contributed by atoms with Gasteiger partial charge in [-0.15, -0.1) is 0 Å². The van der Waals surface area contributed by atoms with Crippen molar-refractivity contribution in [1.29, 1.82) is 0 Å². The molecular formula is C18H13ClN2O4. The van der Waals surface area contributed by atoms with E-state index in [1.54, 1.807) is 12.3 Å². The molecule has 2 aromatic heterocycles. The molecule has 0 radical (unpaired) electrons. The summed E-state index contributed by atoms with van der Waals surface area (Å²) in [6.07, 6.45) is 1.93. The van der Waals surface area contributed by atoms with Gasteiger partial charge < -0.3 is 9.84 Å². The Morgan fingerprint density at radius 2 is 2.00 bits per heavy atom. The number of hydrogen-bond donors (Lipinski definition) is 1. The molecule has 0 bridgehead atoms. The summed E-state index contributed by atoms with van der Waals surface area (Å²) < 4.78 is 4.63. The van der Waals surface area contributed by atoms with Crippen molar-refractivity contribution < 1.29 is 19.4 Å². The topological polar surface area (TPSA) is 89.4 Å². The number of pyridine rings is 2. The highest BCUT2D eigenvalue weighted by atomic mass is 35.5. The Bertz CT molecular complexity index is 988. The van der Waals surface area contributed by atoms with E-state index in [0.29, 0.717) is 17.1 Å². The molecule has 3 aromatic rings. The SMILES string of the molecule is COC(=O)c1cc(C(=O)O)cc(Cc2ccc3ncc(Cl)cc3c2)n1. The van der Waals surface area contributed by atoms with Gasteiger partial charge in [0.25, 0.3) is 0 Å². The predicted octanol–water partition coefficient (Wildman–Crippen LogP) is 3.36. The smallest absolute Gasteiger partial charge is 0.356 e. The highest BCUT2D eigenvalue weighted by Crippen LogP contribution is 2.20. The molecule has 0 aliphatic heterocycles. The molecule has 1 N–H and O–H groups in total. The number of nitrogens with zero attached hydrogens (tertiary/aromatic N) is 2. The van der Waals surface area contributed by atoms with Gasteiger partial charge in [-0.25, -0.2) is 14.6 Å². The Morgan fingerprint density at radius 3 is 2.72 bits per heavy atom. The second-order valence-electron chi connectivity index (χ2n) is 5.39. The molecule has 2 heterocycles. The van der Waals surface area contributed by atoms with E-state index in [1.165, 1.54) is 19.2 Å². The van der Waals surface area contributed by atoms with Crippen molar-refractivity contribution in [2.24, 2.45) is 0 Å². The summed E-state index contributed by atoms with van der Waals surface area (Å²) >= 11 is 5.97. The Kier molecular flexibility index (Phi) is 4.63. The lowest BCUT2D eigenvalue weighted by Gasteiger charge is -2.07. The van der Waals surface area contributed by atoms with Crippen molar-refractivity contribution in [2.75, 3.05) is 7.11 Å². The van der Waals surface area contributed by atoms with Gasteiger partial charge in [-0.2, -0.15) is 0 Å². The molecule has 1 aromatic carbocycles. The average Bonchev–Trinajstić information content (AvgIpc) is 2.60. The monoisotopic (exact) mass is 356 g/mol. The Balaban J connectivity index is 2.00.